The summed E-state index contributed by atoms with van der Waals surface area (Å²) in [4.78, 5) is 12.1. The summed E-state index contributed by atoms with van der Waals surface area (Å²) in [6.07, 6.45) is -4.53. The summed E-state index contributed by atoms with van der Waals surface area (Å²) in [6.45, 7) is 2.68. The van der Waals surface area contributed by atoms with Crippen LogP contribution >= 0.6 is 0 Å². The number of halogens is 3. The monoisotopic (exact) mass is 380 g/mol. The Balaban J connectivity index is 1.60. The maximum atomic E-state index is 13.0. The van der Waals surface area contributed by atoms with Crippen LogP contribution in [0.3, 0.4) is 0 Å². The largest absolute Gasteiger partial charge is 0.486 e. The Morgan fingerprint density at radius 2 is 1.81 bits per heavy atom. The zero-order valence-electron chi connectivity index (χ0n) is 14.6. The molecule has 0 saturated carbocycles. The number of carbonyl (C=O) groups excluding carboxylic acids is 1. The molecule has 0 fully saturated rings. The molecule has 0 unspecified atom stereocenters. The molecule has 1 aliphatic rings. The van der Waals surface area contributed by atoms with E-state index >= 15 is 0 Å². The van der Waals surface area contributed by atoms with Gasteiger partial charge in [0.25, 0.3) is 0 Å². The Morgan fingerprint density at radius 1 is 1.11 bits per heavy atom. The van der Waals surface area contributed by atoms with Crippen LogP contribution in [-0.4, -0.2) is 25.7 Å². The van der Waals surface area contributed by atoms with Crippen LogP contribution in [0.1, 0.15) is 24.1 Å². The van der Waals surface area contributed by atoms with Gasteiger partial charge in [-0.05, 0) is 36.8 Å². The van der Waals surface area contributed by atoms with Gasteiger partial charge in [0.05, 0.1) is 17.8 Å². The number of ether oxygens (including phenoxy) is 2. The van der Waals surface area contributed by atoms with Crippen molar-refractivity contribution < 1.29 is 27.4 Å². The number of hydrogen-bond acceptors (Lipinski definition) is 4. The number of nitrogens with one attached hydrogen (secondary N) is 2. The molecule has 2 aromatic carbocycles. The Labute approximate surface area is 154 Å². The number of alkyl halides is 3. The van der Waals surface area contributed by atoms with E-state index in [9.17, 15) is 18.0 Å². The minimum Gasteiger partial charge on any atom is -0.486 e. The van der Waals surface area contributed by atoms with E-state index in [1.165, 1.54) is 18.2 Å². The van der Waals surface area contributed by atoms with Crippen LogP contribution in [0.2, 0.25) is 0 Å². The molecule has 0 aromatic heterocycles. The van der Waals surface area contributed by atoms with Gasteiger partial charge in [-0.15, -0.1) is 0 Å². The summed E-state index contributed by atoms with van der Waals surface area (Å²) in [6, 6.07) is 10.1. The predicted molar refractivity (Wildman–Crippen MR) is 93.9 cm³/mol. The second-order valence-electron chi connectivity index (χ2n) is 6.10. The first-order chi connectivity index (χ1) is 12.8. The zero-order chi connectivity index (χ0) is 19.4. The number of benzene rings is 2. The molecule has 0 bridgehead atoms. The topological polar surface area (TPSA) is 59.6 Å². The van der Waals surface area contributed by atoms with Gasteiger partial charge >= 0.3 is 6.18 Å². The number of para-hydroxylation sites is 1. The molecule has 0 saturated heterocycles. The predicted octanol–water partition coefficient (Wildman–Crippen LogP) is 3.77. The Kier molecular flexibility index (Phi) is 5.55. The maximum absolute atomic E-state index is 13.0. The van der Waals surface area contributed by atoms with Crippen molar-refractivity contribution in [3.05, 3.63) is 53.6 Å². The second kappa shape index (κ2) is 7.87. The molecule has 8 heteroatoms. The van der Waals surface area contributed by atoms with Crippen molar-refractivity contribution in [3.63, 3.8) is 0 Å². The van der Waals surface area contributed by atoms with E-state index in [0.29, 0.717) is 24.7 Å². The molecule has 144 valence electrons. The van der Waals surface area contributed by atoms with Gasteiger partial charge < -0.3 is 20.1 Å². The van der Waals surface area contributed by atoms with Gasteiger partial charge in [0.15, 0.2) is 11.5 Å². The number of anilines is 1. The third kappa shape index (κ3) is 4.71. The molecule has 1 heterocycles. The maximum Gasteiger partial charge on any atom is 0.418 e. The summed E-state index contributed by atoms with van der Waals surface area (Å²) >= 11 is 0. The quantitative estimate of drug-likeness (QED) is 0.829. The molecule has 1 aliphatic heterocycles. The van der Waals surface area contributed by atoms with Crippen LogP contribution in [0.15, 0.2) is 42.5 Å². The minimum absolute atomic E-state index is 0.137. The van der Waals surface area contributed by atoms with Gasteiger partial charge in [-0.3, -0.25) is 4.79 Å². The summed E-state index contributed by atoms with van der Waals surface area (Å²) in [7, 11) is 0. The van der Waals surface area contributed by atoms with Crippen molar-refractivity contribution >= 4 is 11.6 Å². The molecule has 2 aromatic rings. The second-order valence-corrected chi connectivity index (χ2v) is 6.10. The molecule has 1 amide bonds. The van der Waals surface area contributed by atoms with Crippen molar-refractivity contribution in [2.75, 3.05) is 25.1 Å². The van der Waals surface area contributed by atoms with E-state index in [1.54, 1.807) is 6.07 Å². The summed E-state index contributed by atoms with van der Waals surface area (Å²) in [5.41, 5.74) is -0.259. The number of hydrogen-bond donors (Lipinski definition) is 2. The van der Waals surface area contributed by atoms with Gasteiger partial charge in [-0.2, -0.15) is 13.2 Å². The molecule has 5 nitrogen and oxygen atoms in total. The lowest BCUT2D eigenvalue weighted by atomic mass is 10.1. The van der Waals surface area contributed by atoms with Crippen LogP contribution in [0.25, 0.3) is 0 Å². The number of amides is 1. The average Bonchev–Trinajstić information content (AvgIpc) is 2.65. The molecule has 1 atom stereocenters. The van der Waals surface area contributed by atoms with Gasteiger partial charge in [0.2, 0.25) is 5.91 Å². The first kappa shape index (κ1) is 19.0. The van der Waals surface area contributed by atoms with Gasteiger partial charge in [-0.25, -0.2) is 0 Å². The molecule has 0 aliphatic carbocycles. The van der Waals surface area contributed by atoms with E-state index in [0.717, 1.165) is 11.6 Å². The molecular weight excluding hydrogens is 361 g/mol. The van der Waals surface area contributed by atoms with Gasteiger partial charge in [0.1, 0.15) is 13.2 Å². The molecule has 0 radical (unpaired) electrons. The number of rotatable bonds is 5. The number of fused-ring (bicyclic) bond motifs is 1. The highest BCUT2D eigenvalue weighted by Crippen LogP contribution is 2.35. The summed E-state index contributed by atoms with van der Waals surface area (Å²) in [5, 5.41) is 5.30. The van der Waals surface area contributed by atoms with E-state index in [-0.39, 0.29) is 18.3 Å². The van der Waals surface area contributed by atoms with Gasteiger partial charge in [-0.1, -0.05) is 18.2 Å². The lowest BCUT2D eigenvalue weighted by molar-refractivity contribution is -0.137. The Hall–Kier alpha value is -2.74. The van der Waals surface area contributed by atoms with Crippen LogP contribution in [0.4, 0.5) is 18.9 Å². The van der Waals surface area contributed by atoms with Crippen molar-refractivity contribution in [1.29, 1.82) is 0 Å². The summed E-state index contributed by atoms with van der Waals surface area (Å²) in [5.74, 6) is 0.741. The normalized spacial score (nSPS) is 14.5. The fraction of sp³-hybridized carbons (Fsp3) is 0.316. The molecule has 3 rings (SSSR count). The van der Waals surface area contributed by atoms with Crippen molar-refractivity contribution in [2.24, 2.45) is 0 Å². The van der Waals surface area contributed by atoms with E-state index in [1.807, 2.05) is 19.1 Å². The van der Waals surface area contributed by atoms with Crippen LogP contribution in [0.5, 0.6) is 11.5 Å². The van der Waals surface area contributed by atoms with E-state index in [2.05, 4.69) is 10.6 Å². The first-order valence-corrected chi connectivity index (χ1v) is 8.43. The highest BCUT2D eigenvalue weighted by atomic mass is 19.4. The molecule has 2 N–H and O–H groups in total. The third-order valence-corrected chi connectivity index (χ3v) is 4.14. The van der Waals surface area contributed by atoms with Crippen LogP contribution < -0.4 is 20.1 Å². The van der Waals surface area contributed by atoms with Crippen molar-refractivity contribution in [2.45, 2.75) is 19.1 Å². The Morgan fingerprint density at radius 3 is 2.56 bits per heavy atom. The first-order valence-electron chi connectivity index (χ1n) is 8.43. The van der Waals surface area contributed by atoms with Crippen molar-refractivity contribution in [1.82, 2.24) is 5.32 Å². The lowest BCUT2D eigenvalue weighted by Gasteiger charge is -2.21. The molecular formula is C19H19F3N2O3. The zero-order valence-corrected chi connectivity index (χ0v) is 14.6. The fourth-order valence-corrected chi connectivity index (χ4v) is 2.73. The van der Waals surface area contributed by atoms with Crippen molar-refractivity contribution in [3.8, 4) is 11.5 Å². The van der Waals surface area contributed by atoms with E-state index in [4.69, 9.17) is 9.47 Å². The fourth-order valence-electron chi connectivity index (χ4n) is 2.73. The van der Waals surface area contributed by atoms with Crippen LogP contribution in [-0.2, 0) is 11.0 Å². The highest BCUT2D eigenvalue weighted by molar-refractivity contribution is 5.93. The minimum atomic E-state index is -4.53. The highest BCUT2D eigenvalue weighted by Gasteiger charge is 2.33. The smallest absolute Gasteiger partial charge is 0.418 e. The van der Waals surface area contributed by atoms with E-state index < -0.39 is 17.6 Å². The van der Waals surface area contributed by atoms with Gasteiger partial charge in [0, 0.05) is 6.04 Å². The Bertz CT molecular complexity index is 824. The standard InChI is InChI=1S/C19H19F3N2O3/c1-12(13-6-7-16-17(10-13)27-9-8-26-16)23-11-18(25)24-15-5-3-2-4-14(15)19(20,21)22/h2-7,10,12,23H,8-9,11H2,1H3,(H,24,25)/t12-/m1/s1. The molecule has 0 spiro atoms. The SMILES string of the molecule is C[C@@H](NCC(=O)Nc1ccccc1C(F)(F)F)c1ccc2c(c1)OCCO2. The average molecular weight is 380 g/mol. The third-order valence-electron chi connectivity index (χ3n) is 4.14. The molecule has 27 heavy (non-hydrogen) atoms. The summed E-state index contributed by atoms with van der Waals surface area (Å²) < 4.78 is 49.9. The van der Waals surface area contributed by atoms with Crippen LogP contribution in [0, 0.1) is 0 Å². The lowest BCUT2D eigenvalue weighted by Crippen LogP contribution is -2.30. The number of carbonyl (C=O) groups is 1.